The Hall–Kier alpha value is -3.58. The van der Waals surface area contributed by atoms with Crippen molar-refractivity contribution in [3.8, 4) is 5.75 Å². The van der Waals surface area contributed by atoms with Crippen molar-refractivity contribution in [3.63, 3.8) is 0 Å². The second-order valence-corrected chi connectivity index (χ2v) is 10.0. The molecule has 1 fully saturated rings. The van der Waals surface area contributed by atoms with Gasteiger partial charge in [0.25, 0.3) is 11.8 Å². The number of nitrogens with zero attached hydrogens (tertiary/aromatic N) is 3. The fourth-order valence-electron chi connectivity index (χ4n) is 4.83. The van der Waals surface area contributed by atoms with E-state index in [4.69, 9.17) is 4.74 Å². The summed E-state index contributed by atoms with van der Waals surface area (Å²) in [5, 5.41) is 3.15. The summed E-state index contributed by atoms with van der Waals surface area (Å²) >= 11 is 1.66. The summed E-state index contributed by atoms with van der Waals surface area (Å²) in [7, 11) is 1.59. The maximum absolute atomic E-state index is 13.7. The molecule has 0 N–H and O–H groups in total. The van der Waals surface area contributed by atoms with E-state index in [1.54, 1.807) is 30.6 Å². The van der Waals surface area contributed by atoms with Crippen LogP contribution in [0.3, 0.4) is 0 Å². The summed E-state index contributed by atoms with van der Waals surface area (Å²) in [5.74, 6) is 0.639. The maximum atomic E-state index is 13.7. The first-order chi connectivity index (χ1) is 16.9. The van der Waals surface area contributed by atoms with Crippen molar-refractivity contribution in [2.45, 2.75) is 26.4 Å². The van der Waals surface area contributed by atoms with Crippen molar-refractivity contribution in [1.82, 2.24) is 14.4 Å². The molecule has 2 amide bonds. The second-order valence-electron chi connectivity index (χ2n) is 9.12. The summed E-state index contributed by atoms with van der Waals surface area (Å²) in [6.45, 7) is 6.23. The first-order valence-corrected chi connectivity index (χ1v) is 12.7. The van der Waals surface area contributed by atoms with Gasteiger partial charge in [0.2, 0.25) is 0 Å². The van der Waals surface area contributed by atoms with E-state index < -0.39 is 0 Å². The van der Waals surface area contributed by atoms with Crippen LogP contribution in [0.4, 0.5) is 0 Å². The quantitative estimate of drug-likeness (QED) is 0.396. The number of hydrogen-bond donors (Lipinski definition) is 0. The number of rotatable bonds is 5. The van der Waals surface area contributed by atoms with E-state index in [0.717, 1.165) is 10.2 Å². The van der Waals surface area contributed by atoms with Gasteiger partial charge in [0.05, 0.1) is 7.11 Å². The highest BCUT2D eigenvalue weighted by Crippen LogP contribution is 2.28. The Morgan fingerprint density at radius 1 is 1.03 bits per heavy atom. The number of benzene rings is 2. The normalized spacial score (nSPS) is 16.0. The molecule has 2 aromatic carbocycles. The van der Waals surface area contributed by atoms with Crippen LogP contribution in [0.5, 0.6) is 5.75 Å². The molecule has 7 heteroatoms. The fraction of sp³-hybridized carbons (Fsp3) is 0.286. The number of carbonyl (C=O) groups is 2. The molecular weight excluding hydrogens is 458 g/mol. The van der Waals surface area contributed by atoms with Crippen LogP contribution in [0.25, 0.3) is 10.2 Å². The predicted molar refractivity (Wildman–Crippen MR) is 139 cm³/mol. The first kappa shape index (κ1) is 23.2. The first-order valence-electron chi connectivity index (χ1n) is 11.8. The van der Waals surface area contributed by atoms with Crippen molar-refractivity contribution in [2.75, 3.05) is 26.7 Å². The van der Waals surface area contributed by atoms with Crippen LogP contribution < -0.4 is 4.74 Å². The van der Waals surface area contributed by atoms with Gasteiger partial charge in [-0.2, -0.15) is 0 Å². The molecule has 6 nitrogen and oxygen atoms in total. The number of fused-ring (bicyclic) bond motifs is 1. The van der Waals surface area contributed by atoms with Crippen LogP contribution in [0.15, 0.2) is 66.0 Å². The third-order valence-corrected chi connectivity index (χ3v) is 7.59. The van der Waals surface area contributed by atoms with Crippen LogP contribution in [-0.4, -0.2) is 59.0 Å². The molecule has 5 rings (SSSR count). The van der Waals surface area contributed by atoms with E-state index in [9.17, 15) is 9.59 Å². The summed E-state index contributed by atoms with van der Waals surface area (Å²) in [6, 6.07) is 19.6. The molecule has 0 spiro atoms. The molecule has 0 saturated carbocycles. The monoisotopic (exact) mass is 487 g/mol. The molecule has 1 aliphatic rings. The van der Waals surface area contributed by atoms with Crippen LogP contribution in [-0.2, 0) is 6.54 Å². The van der Waals surface area contributed by atoms with E-state index in [1.165, 1.54) is 11.1 Å². The van der Waals surface area contributed by atoms with Gasteiger partial charge in [-0.1, -0.05) is 35.9 Å². The zero-order valence-corrected chi connectivity index (χ0v) is 21.0. The highest BCUT2D eigenvalue weighted by molar-refractivity contribution is 7.16. The lowest BCUT2D eigenvalue weighted by molar-refractivity contribution is 0.0409. The number of piperazine rings is 1. The van der Waals surface area contributed by atoms with E-state index in [-0.39, 0.29) is 17.9 Å². The molecule has 3 heterocycles. The molecule has 0 radical (unpaired) electrons. The number of thiophene rings is 1. The predicted octanol–water partition coefficient (Wildman–Crippen LogP) is 5.05. The standard InChI is InChI=1S/C28H29N3O3S/c1-19-6-4-7-21(14-19)18-31-25(16-23-10-13-35-28(23)31)27(33)29-11-12-30(20(2)17-29)26(32)22-8-5-9-24(15-22)34-3/h4-10,13-16,20H,11-12,17-18H2,1-3H3/t20-/m0/s1. The lowest BCUT2D eigenvalue weighted by Crippen LogP contribution is -2.55. The zero-order valence-electron chi connectivity index (χ0n) is 20.2. The van der Waals surface area contributed by atoms with Gasteiger partial charge in [0.15, 0.2) is 0 Å². The Labute approximate surface area is 209 Å². The van der Waals surface area contributed by atoms with Gasteiger partial charge in [-0.15, -0.1) is 11.3 Å². The van der Waals surface area contributed by atoms with Crippen molar-refractivity contribution in [2.24, 2.45) is 0 Å². The Bertz CT molecular complexity index is 1390. The SMILES string of the molecule is COc1cccc(C(=O)N2CCN(C(=O)c3cc4ccsc4n3Cc3cccc(C)c3)C[C@@H]2C)c1. The third kappa shape index (κ3) is 4.56. The van der Waals surface area contributed by atoms with E-state index in [0.29, 0.717) is 43.2 Å². The Morgan fingerprint density at radius 2 is 1.86 bits per heavy atom. The molecule has 2 aromatic heterocycles. The Morgan fingerprint density at radius 3 is 2.63 bits per heavy atom. The second kappa shape index (κ2) is 9.58. The maximum Gasteiger partial charge on any atom is 0.270 e. The van der Waals surface area contributed by atoms with E-state index in [1.807, 2.05) is 34.9 Å². The van der Waals surface area contributed by atoms with Crippen LogP contribution >= 0.6 is 11.3 Å². The third-order valence-electron chi connectivity index (χ3n) is 6.64. The van der Waals surface area contributed by atoms with Crippen molar-refractivity contribution in [1.29, 1.82) is 0 Å². The van der Waals surface area contributed by atoms with Gasteiger partial charge >= 0.3 is 0 Å². The molecule has 35 heavy (non-hydrogen) atoms. The van der Waals surface area contributed by atoms with Gasteiger partial charge < -0.3 is 19.1 Å². The number of amides is 2. The number of carbonyl (C=O) groups excluding carboxylic acids is 2. The minimum atomic E-state index is -0.0901. The van der Waals surface area contributed by atoms with Crippen molar-refractivity contribution < 1.29 is 14.3 Å². The number of aryl methyl sites for hydroxylation is 1. The lowest BCUT2D eigenvalue weighted by atomic mass is 10.1. The summed E-state index contributed by atoms with van der Waals surface area (Å²) in [5.41, 5.74) is 3.68. The highest BCUT2D eigenvalue weighted by atomic mass is 32.1. The number of methoxy groups -OCH3 is 1. The summed E-state index contributed by atoms with van der Waals surface area (Å²) < 4.78 is 7.40. The number of hydrogen-bond acceptors (Lipinski definition) is 4. The molecule has 1 saturated heterocycles. The Balaban J connectivity index is 1.36. The molecule has 0 unspecified atom stereocenters. The van der Waals surface area contributed by atoms with Gasteiger partial charge in [-0.25, -0.2) is 0 Å². The minimum absolute atomic E-state index is 0.0152. The topological polar surface area (TPSA) is 54.8 Å². The lowest BCUT2D eigenvalue weighted by Gasteiger charge is -2.40. The average Bonchev–Trinajstić information content (AvgIpc) is 3.46. The fourth-order valence-corrected chi connectivity index (χ4v) is 5.73. The highest BCUT2D eigenvalue weighted by Gasteiger charge is 2.32. The number of ether oxygens (including phenoxy) is 1. The van der Waals surface area contributed by atoms with Crippen LogP contribution in [0, 0.1) is 6.92 Å². The average molecular weight is 488 g/mol. The van der Waals surface area contributed by atoms with Crippen molar-refractivity contribution in [3.05, 3.63) is 88.4 Å². The van der Waals surface area contributed by atoms with Crippen molar-refractivity contribution >= 4 is 33.4 Å². The number of aromatic nitrogens is 1. The molecule has 0 bridgehead atoms. The summed E-state index contributed by atoms with van der Waals surface area (Å²) in [4.78, 5) is 31.7. The minimum Gasteiger partial charge on any atom is -0.497 e. The van der Waals surface area contributed by atoms with Crippen LogP contribution in [0.1, 0.15) is 38.9 Å². The molecule has 0 aliphatic carbocycles. The van der Waals surface area contributed by atoms with E-state index >= 15 is 0 Å². The van der Waals surface area contributed by atoms with Gasteiger partial charge in [0, 0.05) is 43.2 Å². The van der Waals surface area contributed by atoms with Gasteiger partial charge in [0.1, 0.15) is 16.3 Å². The van der Waals surface area contributed by atoms with Gasteiger partial charge in [-0.05, 0) is 55.1 Å². The Kier molecular flexibility index (Phi) is 6.34. The van der Waals surface area contributed by atoms with E-state index in [2.05, 4.69) is 47.2 Å². The molecule has 1 aliphatic heterocycles. The van der Waals surface area contributed by atoms with Crippen LogP contribution in [0.2, 0.25) is 0 Å². The molecular formula is C28H29N3O3S. The smallest absolute Gasteiger partial charge is 0.270 e. The van der Waals surface area contributed by atoms with Gasteiger partial charge in [-0.3, -0.25) is 9.59 Å². The summed E-state index contributed by atoms with van der Waals surface area (Å²) in [6.07, 6.45) is 0. The molecule has 180 valence electrons. The largest absolute Gasteiger partial charge is 0.497 e. The molecule has 4 aromatic rings. The molecule has 1 atom stereocenters. The zero-order chi connectivity index (χ0) is 24.5.